The topological polar surface area (TPSA) is 133 Å². The van der Waals surface area contributed by atoms with Gasteiger partial charge in [0.05, 0.1) is 23.1 Å². The molecule has 13 heteroatoms. The number of amides is 2. The summed E-state index contributed by atoms with van der Waals surface area (Å²) in [7, 11) is -3.59. The Hall–Kier alpha value is -2.80. The molecule has 43 heavy (non-hydrogen) atoms. The van der Waals surface area contributed by atoms with E-state index in [2.05, 4.69) is 10.0 Å². The predicted octanol–water partition coefficient (Wildman–Crippen LogP) is 5.03. The Bertz CT molecular complexity index is 1670. The highest BCUT2D eigenvalue weighted by atomic mass is 35.5. The van der Waals surface area contributed by atoms with Crippen LogP contribution in [0.5, 0.6) is 0 Å². The van der Waals surface area contributed by atoms with E-state index >= 15 is 0 Å². The Labute approximate surface area is 263 Å². The molecule has 228 valence electrons. The number of hydrogen-bond donors (Lipinski definition) is 3. The SMILES string of the molecule is CS(=O)(=O)N[C@H]1CCCC[C@@H]1N1C(=O)c2ccccc2[C@@H](C(=O)NCc2ccc(S(=O)O)cc2)[C@@H]1c1ccc(Cl)cc1Cl. The van der Waals surface area contributed by atoms with Gasteiger partial charge in [-0.15, -0.1) is 0 Å². The molecule has 3 aromatic rings. The van der Waals surface area contributed by atoms with E-state index in [1.165, 1.54) is 12.1 Å². The highest BCUT2D eigenvalue weighted by Gasteiger charge is 2.49. The molecule has 1 aliphatic carbocycles. The summed E-state index contributed by atoms with van der Waals surface area (Å²) in [6, 6.07) is 16.3. The summed E-state index contributed by atoms with van der Waals surface area (Å²) < 4.78 is 48.1. The van der Waals surface area contributed by atoms with Crippen LogP contribution in [0.15, 0.2) is 71.6 Å². The van der Waals surface area contributed by atoms with Gasteiger partial charge in [-0.25, -0.2) is 17.3 Å². The average molecular weight is 665 g/mol. The first-order valence-corrected chi connectivity index (χ1v) is 17.5. The van der Waals surface area contributed by atoms with E-state index in [4.69, 9.17) is 23.2 Å². The molecule has 1 aliphatic heterocycles. The van der Waals surface area contributed by atoms with Gasteiger partial charge in [0.1, 0.15) is 0 Å². The van der Waals surface area contributed by atoms with Crippen LogP contribution in [0.4, 0.5) is 0 Å². The lowest BCUT2D eigenvalue weighted by Crippen LogP contribution is -2.59. The predicted molar refractivity (Wildman–Crippen MR) is 166 cm³/mol. The van der Waals surface area contributed by atoms with Gasteiger partial charge in [-0.05, 0) is 59.9 Å². The molecule has 0 spiro atoms. The maximum absolute atomic E-state index is 14.3. The zero-order valence-electron chi connectivity index (χ0n) is 23.2. The molecule has 2 aliphatic rings. The molecule has 0 bridgehead atoms. The van der Waals surface area contributed by atoms with Gasteiger partial charge in [0.2, 0.25) is 15.9 Å². The summed E-state index contributed by atoms with van der Waals surface area (Å²) in [6.45, 7) is 0.131. The van der Waals surface area contributed by atoms with E-state index in [0.717, 1.165) is 19.1 Å². The van der Waals surface area contributed by atoms with Gasteiger partial charge in [0.15, 0.2) is 11.1 Å². The monoisotopic (exact) mass is 663 g/mol. The second kappa shape index (κ2) is 13.1. The summed E-state index contributed by atoms with van der Waals surface area (Å²) in [5, 5.41) is 3.66. The van der Waals surface area contributed by atoms with E-state index in [9.17, 15) is 26.8 Å². The van der Waals surface area contributed by atoms with Crippen molar-refractivity contribution in [1.29, 1.82) is 0 Å². The van der Waals surface area contributed by atoms with E-state index in [0.29, 0.717) is 40.1 Å². The normalized spacial score (nSPS) is 23.0. The van der Waals surface area contributed by atoms with Crippen molar-refractivity contribution in [2.75, 3.05) is 6.26 Å². The molecule has 3 aromatic carbocycles. The molecule has 5 rings (SSSR count). The fourth-order valence-electron chi connectivity index (χ4n) is 6.15. The Morgan fingerprint density at radius 3 is 2.40 bits per heavy atom. The number of halogens is 2. The quantitative estimate of drug-likeness (QED) is 0.290. The molecule has 0 saturated heterocycles. The number of nitrogens with one attached hydrogen (secondary N) is 2. The molecule has 3 N–H and O–H groups in total. The van der Waals surface area contributed by atoms with Crippen LogP contribution in [0.2, 0.25) is 10.0 Å². The molecule has 1 unspecified atom stereocenters. The number of fused-ring (bicyclic) bond motifs is 1. The lowest BCUT2D eigenvalue weighted by molar-refractivity contribution is -0.124. The molecule has 2 amide bonds. The lowest BCUT2D eigenvalue weighted by Gasteiger charge is -2.49. The number of carbonyl (C=O) groups is 2. The van der Waals surface area contributed by atoms with Crippen LogP contribution < -0.4 is 10.0 Å². The van der Waals surface area contributed by atoms with Gasteiger partial charge >= 0.3 is 0 Å². The van der Waals surface area contributed by atoms with Crippen molar-refractivity contribution < 1.29 is 26.8 Å². The largest absolute Gasteiger partial charge is 0.351 e. The van der Waals surface area contributed by atoms with Gasteiger partial charge in [0, 0.05) is 34.2 Å². The Morgan fingerprint density at radius 2 is 1.72 bits per heavy atom. The Kier molecular flexibility index (Phi) is 9.60. The van der Waals surface area contributed by atoms with Crippen molar-refractivity contribution in [3.8, 4) is 0 Å². The Balaban J connectivity index is 1.61. The standard InChI is InChI=1S/C30H31Cl2N3O6S2/c1-43(40,41)34-25-8-4-5-9-26(25)35-28(23-15-12-19(31)16-24(23)32)27(21-6-2-3-7-22(21)30(35)37)29(36)33-17-18-10-13-20(14-11-18)42(38)39/h2-3,6-7,10-16,25-28,34H,4-5,8-9,17H2,1H3,(H,33,36)(H,38,39)/t25-,26-,27+,28-/m0/s1. The first-order valence-electron chi connectivity index (χ1n) is 13.8. The smallest absolute Gasteiger partial charge is 0.255 e. The van der Waals surface area contributed by atoms with Crippen LogP contribution in [0.25, 0.3) is 0 Å². The number of hydrogen-bond acceptors (Lipinski definition) is 5. The number of nitrogens with zero attached hydrogens (tertiary/aromatic N) is 1. The van der Waals surface area contributed by atoms with Gasteiger partial charge in [-0.1, -0.05) is 72.4 Å². The van der Waals surface area contributed by atoms with Crippen molar-refractivity contribution >= 4 is 56.1 Å². The van der Waals surface area contributed by atoms with Crippen molar-refractivity contribution in [1.82, 2.24) is 14.9 Å². The molecule has 9 nitrogen and oxygen atoms in total. The summed E-state index contributed by atoms with van der Waals surface area (Å²) >= 11 is 10.9. The third-order valence-corrected chi connectivity index (χ3v) is 9.95. The highest BCUT2D eigenvalue weighted by Crippen LogP contribution is 2.47. The van der Waals surface area contributed by atoms with Crippen molar-refractivity contribution in [2.45, 2.75) is 61.2 Å². The van der Waals surface area contributed by atoms with Crippen LogP contribution in [0.1, 0.15) is 64.7 Å². The Morgan fingerprint density at radius 1 is 1.02 bits per heavy atom. The summed E-state index contributed by atoms with van der Waals surface area (Å²) in [6.07, 6.45) is 3.75. The molecule has 5 atom stereocenters. The van der Waals surface area contributed by atoms with Gasteiger partial charge < -0.3 is 14.8 Å². The summed E-state index contributed by atoms with van der Waals surface area (Å²) in [5.41, 5.74) is 2.13. The van der Waals surface area contributed by atoms with Crippen molar-refractivity contribution in [2.24, 2.45) is 0 Å². The third kappa shape index (κ3) is 6.97. The highest BCUT2D eigenvalue weighted by molar-refractivity contribution is 7.88. The van der Waals surface area contributed by atoms with Crippen LogP contribution >= 0.6 is 23.2 Å². The maximum atomic E-state index is 14.3. The minimum absolute atomic E-state index is 0.131. The minimum atomic E-state index is -3.59. The zero-order valence-corrected chi connectivity index (χ0v) is 26.3. The maximum Gasteiger partial charge on any atom is 0.255 e. The third-order valence-electron chi connectivity index (χ3n) is 7.98. The van der Waals surface area contributed by atoms with Crippen LogP contribution in [0, 0.1) is 0 Å². The fourth-order valence-corrected chi connectivity index (χ4v) is 7.86. The second-order valence-corrected chi connectivity index (χ2v) is 14.4. The first kappa shape index (κ1) is 31.6. The molecule has 1 heterocycles. The van der Waals surface area contributed by atoms with Crippen molar-refractivity contribution in [3.63, 3.8) is 0 Å². The molecular formula is C30H31Cl2N3O6S2. The van der Waals surface area contributed by atoms with E-state index in [1.807, 2.05) is 0 Å². The van der Waals surface area contributed by atoms with Gasteiger partial charge in [-0.2, -0.15) is 0 Å². The van der Waals surface area contributed by atoms with E-state index in [-0.39, 0.29) is 28.3 Å². The van der Waals surface area contributed by atoms with Crippen molar-refractivity contribution in [3.05, 3.63) is 99.0 Å². The zero-order chi connectivity index (χ0) is 30.9. The average Bonchev–Trinajstić information content (AvgIpc) is 2.96. The lowest BCUT2D eigenvalue weighted by atomic mass is 9.76. The molecule has 0 aromatic heterocycles. The number of benzene rings is 3. The first-order chi connectivity index (χ1) is 20.4. The van der Waals surface area contributed by atoms with Crippen LogP contribution in [0.3, 0.4) is 0 Å². The molecule has 1 fully saturated rings. The van der Waals surface area contributed by atoms with E-state index < -0.39 is 45.1 Å². The van der Waals surface area contributed by atoms with Gasteiger partial charge in [-0.3, -0.25) is 9.59 Å². The molecular weight excluding hydrogens is 633 g/mol. The molecule has 0 radical (unpaired) electrons. The number of rotatable bonds is 8. The number of carbonyl (C=O) groups excluding carboxylic acids is 2. The van der Waals surface area contributed by atoms with Gasteiger partial charge in [0.25, 0.3) is 5.91 Å². The fraction of sp³-hybridized carbons (Fsp3) is 0.333. The van der Waals surface area contributed by atoms with Crippen LogP contribution in [-0.2, 0) is 32.4 Å². The minimum Gasteiger partial charge on any atom is -0.351 e. The summed E-state index contributed by atoms with van der Waals surface area (Å²) in [4.78, 5) is 30.4. The van der Waals surface area contributed by atoms with E-state index in [1.54, 1.807) is 59.5 Å². The molecule has 1 saturated carbocycles. The van der Waals surface area contributed by atoms with Crippen LogP contribution in [-0.4, -0.2) is 52.2 Å². The summed E-state index contributed by atoms with van der Waals surface area (Å²) in [5.74, 6) is -1.56. The number of sulfonamides is 1. The second-order valence-electron chi connectivity index (χ2n) is 10.8.